The van der Waals surface area contributed by atoms with Gasteiger partial charge >= 0.3 is 12.1 Å². The molecule has 0 saturated carbocycles. The summed E-state index contributed by atoms with van der Waals surface area (Å²) in [5.41, 5.74) is -0.0188. The molecule has 0 atom stereocenters. The molecule has 0 aromatic rings. The first-order valence-electron chi connectivity index (χ1n) is 2.14. The lowest BCUT2D eigenvalue weighted by Gasteiger charge is -2.17. The van der Waals surface area contributed by atoms with Crippen molar-refractivity contribution in [2.75, 3.05) is 0 Å². The highest BCUT2D eigenvalue weighted by Gasteiger charge is 2.59. The quantitative estimate of drug-likeness (QED) is 0.587. The van der Waals surface area contributed by atoms with Gasteiger partial charge in [-0.1, -0.05) is 23.2 Å². The third-order valence-electron chi connectivity index (χ3n) is 0.752. The van der Waals surface area contributed by atoms with Gasteiger partial charge in [-0.05, 0) is 0 Å². The lowest BCUT2D eigenvalue weighted by molar-refractivity contribution is -0.261. The Morgan fingerprint density at radius 1 is 1.09 bits per heavy atom. The van der Waals surface area contributed by atoms with Crippen LogP contribution in [-0.2, 0) is 0 Å². The Morgan fingerprint density at radius 3 is 1.55 bits per heavy atom. The zero-order chi connectivity index (χ0) is 9.28. The molecule has 0 aliphatic heterocycles. The highest BCUT2D eigenvalue weighted by atomic mass is 35.5. The monoisotopic (exact) mass is 214 g/mol. The summed E-state index contributed by atoms with van der Waals surface area (Å²) in [4.78, 5) is 0. The van der Waals surface area contributed by atoms with Crippen molar-refractivity contribution in [2.24, 2.45) is 0 Å². The van der Waals surface area contributed by atoms with Crippen molar-refractivity contribution in [1.82, 2.24) is 0 Å². The van der Waals surface area contributed by atoms with E-state index in [9.17, 15) is 22.0 Å². The predicted octanol–water partition coefficient (Wildman–Crippen LogP) is 3.50. The Hall–Kier alpha value is -0.0300. The van der Waals surface area contributed by atoms with E-state index in [0.29, 0.717) is 0 Å². The average molecular weight is 215 g/mol. The largest absolute Gasteiger partial charge is 0.459 e. The van der Waals surface area contributed by atoms with Crippen LogP contribution in [-0.4, -0.2) is 12.1 Å². The first-order chi connectivity index (χ1) is 4.73. The molecule has 0 amide bonds. The molecule has 0 fully saturated rings. The zero-order valence-electron chi connectivity index (χ0n) is 4.72. The first-order valence-corrected chi connectivity index (χ1v) is 2.96. The second-order valence-electron chi connectivity index (χ2n) is 1.53. The summed E-state index contributed by atoms with van der Waals surface area (Å²) in [6, 6.07) is 0. The van der Waals surface area contributed by atoms with Crippen molar-refractivity contribution in [3.8, 4) is 0 Å². The molecule has 7 heteroatoms. The Kier molecular flexibility index (Phi) is 3.14. The molecule has 0 aliphatic carbocycles. The van der Waals surface area contributed by atoms with Gasteiger partial charge in [0.25, 0.3) is 0 Å². The minimum Gasteiger partial charge on any atom is -0.190 e. The summed E-state index contributed by atoms with van der Waals surface area (Å²) in [5, 5.41) is -1.74. The van der Waals surface area contributed by atoms with E-state index < -0.39 is 17.1 Å². The van der Waals surface area contributed by atoms with Gasteiger partial charge in [-0.3, -0.25) is 0 Å². The van der Waals surface area contributed by atoms with Gasteiger partial charge in [0.15, 0.2) is 0 Å². The Bertz CT molecular complexity index is 170. The maximum atomic E-state index is 11.9. The van der Waals surface area contributed by atoms with Gasteiger partial charge in [-0.15, -0.1) is 0 Å². The topological polar surface area (TPSA) is 0 Å². The molecule has 0 bridgehead atoms. The predicted molar refractivity (Wildman–Crippen MR) is 30.8 cm³/mol. The fourth-order valence-corrected chi connectivity index (χ4v) is 0.448. The van der Waals surface area contributed by atoms with Gasteiger partial charge in [0.05, 0.1) is 0 Å². The average Bonchev–Trinajstić information content (AvgIpc) is 1.83. The molecule has 0 unspecified atom stereocenters. The molecule has 0 heterocycles. The van der Waals surface area contributed by atoms with E-state index in [1.165, 1.54) is 0 Å². The molecule has 66 valence electrons. The molecular weight excluding hydrogens is 214 g/mol. The maximum Gasteiger partial charge on any atom is 0.459 e. The number of rotatable bonds is 1. The zero-order valence-corrected chi connectivity index (χ0v) is 6.23. The van der Waals surface area contributed by atoms with Crippen LogP contribution in [0.4, 0.5) is 22.0 Å². The molecule has 0 aliphatic rings. The molecule has 11 heavy (non-hydrogen) atoms. The van der Waals surface area contributed by atoms with Crippen molar-refractivity contribution in [1.29, 1.82) is 0 Å². The van der Waals surface area contributed by atoms with Crippen LogP contribution in [0.1, 0.15) is 0 Å². The molecule has 0 spiro atoms. The molecule has 0 radical (unpaired) electrons. The summed E-state index contributed by atoms with van der Waals surface area (Å²) in [5.74, 6) is -5.06. The van der Waals surface area contributed by atoms with Crippen LogP contribution in [0, 0.1) is 0 Å². The van der Waals surface area contributed by atoms with Crippen molar-refractivity contribution in [2.45, 2.75) is 12.1 Å². The first kappa shape index (κ1) is 11.0. The van der Waals surface area contributed by atoms with Crippen LogP contribution in [0.3, 0.4) is 0 Å². The fraction of sp³-hybridized carbons (Fsp3) is 0.500. The Morgan fingerprint density at radius 2 is 1.45 bits per heavy atom. The second-order valence-corrected chi connectivity index (χ2v) is 2.15. The van der Waals surface area contributed by atoms with Crippen LogP contribution in [0.2, 0.25) is 0 Å². The van der Waals surface area contributed by atoms with Gasteiger partial charge in [0.1, 0.15) is 5.03 Å². The SMILES string of the molecule is FC(F)(F)C(F)(F)C(Cl)=CCl. The summed E-state index contributed by atoms with van der Waals surface area (Å²) in [6.07, 6.45) is -5.70. The highest BCUT2D eigenvalue weighted by Crippen LogP contribution is 2.42. The van der Waals surface area contributed by atoms with Crippen LogP contribution >= 0.6 is 23.2 Å². The van der Waals surface area contributed by atoms with Crippen molar-refractivity contribution < 1.29 is 22.0 Å². The van der Waals surface area contributed by atoms with E-state index in [-0.39, 0.29) is 5.54 Å². The summed E-state index contributed by atoms with van der Waals surface area (Å²) < 4.78 is 57.8. The summed E-state index contributed by atoms with van der Waals surface area (Å²) in [6.45, 7) is 0. The van der Waals surface area contributed by atoms with Gasteiger partial charge in [-0.25, -0.2) is 0 Å². The number of alkyl halides is 5. The second kappa shape index (κ2) is 3.15. The van der Waals surface area contributed by atoms with Gasteiger partial charge < -0.3 is 0 Å². The number of hydrogen-bond acceptors (Lipinski definition) is 0. The molecule has 0 saturated heterocycles. The molecular formula is C4HCl2F5. The normalized spacial score (nSPS) is 15.4. The summed E-state index contributed by atoms with van der Waals surface area (Å²) in [7, 11) is 0. The lowest BCUT2D eigenvalue weighted by atomic mass is 10.3. The molecule has 0 aromatic heterocycles. The van der Waals surface area contributed by atoms with E-state index in [1.807, 2.05) is 0 Å². The highest BCUT2D eigenvalue weighted by molar-refractivity contribution is 6.37. The van der Waals surface area contributed by atoms with E-state index in [4.69, 9.17) is 0 Å². The standard InChI is InChI=1S/C4HCl2F5/c5-1-2(6)3(7,8)4(9,10)11/h1H. The Balaban J connectivity index is 4.74. The molecule has 0 rings (SSSR count). The van der Waals surface area contributed by atoms with Crippen molar-refractivity contribution in [3.05, 3.63) is 10.6 Å². The third kappa shape index (κ3) is 2.20. The maximum absolute atomic E-state index is 11.9. The van der Waals surface area contributed by atoms with Crippen LogP contribution in [0.5, 0.6) is 0 Å². The van der Waals surface area contributed by atoms with Crippen molar-refractivity contribution >= 4 is 23.2 Å². The van der Waals surface area contributed by atoms with Crippen LogP contribution in [0.25, 0.3) is 0 Å². The third-order valence-corrected chi connectivity index (χ3v) is 1.43. The van der Waals surface area contributed by atoms with E-state index in [0.717, 1.165) is 0 Å². The van der Waals surface area contributed by atoms with Crippen LogP contribution in [0.15, 0.2) is 10.6 Å². The number of hydrogen-bond donors (Lipinski definition) is 0. The smallest absolute Gasteiger partial charge is 0.190 e. The number of allylic oxidation sites excluding steroid dienone is 1. The summed E-state index contributed by atoms with van der Waals surface area (Å²) >= 11 is 9.07. The minimum absolute atomic E-state index is 0.0188. The molecule has 0 nitrogen and oxygen atoms in total. The fourth-order valence-electron chi connectivity index (χ4n) is 0.204. The van der Waals surface area contributed by atoms with Gasteiger partial charge in [0, 0.05) is 5.54 Å². The minimum atomic E-state index is -5.70. The van der Waals surface area contributed by atoms with Crippen LogP contribution < -0.4 is 0 Å². The van der Waals surface area contributed by atoms with Crippen molar-refractivity contribution in [3.63, 3.8) is 0 Å². The molecule has 0 N–H and O–H groups in total. The van der Waals surface area contributed by atoms with Gasteiger partial charge in [0.2, 0.25) is 0 Å². The van der Waals surface area contributed by atoms with Gasteiger partial charge in [-0.2, -0.15) is 22.0 Å². The lowest BCUT2D eigenvalue weighted by Crippen LogP contribution is -2.36. The Labute approximate surface area is 68.6 Å². The molecule has 0 aromatic carbocycles. The van der Waals surface area contributed by atoms with E-state index in [2.05, 4.69) is 23.2 Å². The number of halogens is 7. The van der Waals surface area contributed by atoms with E-state index >= 15 is 0 Å². The van der Waals surface area contributed by atoms with E-state index in [1.54, 1.807) is 0 Å².